The van der Waals surface area contributed by atoms with E-state index in [1.165, 1.54) is 5.56 Å². The number of fused-ring (bicyclic) bond motifs is 1. The first kappa shape index (κ1) is 25.9. The number of nitrogens with one attached hydrogen (secondary N) is 2. The average molecular weight is 513 g/mol. The van der Waals surface area contributed by atoms with Crippen molar-refractivity contribution in [3.63, 3.8) is 0 Å². The minimum atomic E-state index is 0. The predicted octanol–water partition coefficient (Wildman–Crippen LogP) is 7.52. The molecular weight excluding hydrogens is 484 g/mol. The van der Waals surface area contributed by atoms with Crippen LogP contribution in [0.4, 0.5) is 23.1 Å². The summed E-state index contributed by atoms with van der Waals surface area (Å²) in [5, 5.41) is 7.68. The molecule has 0 fully saturated rings. The van der Waals surface area contributed by atoms with Crippen LogP contribution in [0, 0.1) is 0 Å². The fourth-order valence-electron chi connectivity index (χ4n) is 3.76. The first-order chi connectivity index (χ1) is 17.8. The third-order valence-electron chi connectivity index (χ3n) is 5.56. The molecule has 0 bridgehead atoms. The van der Waals surface area contributed by atoms with Gasteiger partial charge in [-0.2, -0.15) is 4.98 Å². The first-order valence-corrected chi connectivity index (χ1v) is 12.0. The van der Waals surface area contributed by atoms with Crippen molar-refractivity contribution in [1.29, 1.82) is 0 Å². The number of benzene rings is 4. The van der Waals surface area contributed by atoms with E-state index >= 15 is 0 Å². The van der Waals surface area contributed by atoms with Crippen LogP contribution < -0.4 is 15.4 Å². The highest BCUT2D eigenvalue weighted by Crippen LogP contribution is 2.26. The molecule has 5 rings (SSSR count). The van der Waals surface area contributed by atoms with Gasteiger partial charge in [-0.05, 0) is 54.1 Å². The van der Waals surface area contributed by atoms with E-state index in [4.69, 9.17) is 14.5 Å². The van der Waals surface area contributed by atoms with Crippen LogP contribution in [0.2, 0.25) is 0 Å². The van der Waals surface area contributed by atoms with E-state index in [-0.39, 0.29) is 12.4 Å². The summed E-state index contributed by atoms with van der Waals surface area (Å²) in [6.07, 6.45) is 0.828. The second-order valence-electron chi connectivity index (χ2n) is 8.29. The van der Waals surface area contributed by atoms with Crippen molar-refractivity contribution in [3.05, 3.63) is 115 Å². The van der Waals surface area contributed by atoms with Gasteiger partial charge in [-0.15, -0.1) is 12.4 Å². The standard InChI is InChI=1S/C30H28N4O2.ClH/c1-3-10-23(11-4-1)22-35-20-9-21-36-26-18-16-25(17-19-26)32-30-33-28-15-8-7-14-27(28)29(34-30)31-24-12-5-2-6-13-24;/h1-8,10-19H,9,20-22H2,(H2,31,32,33,34);1H. The maximum absolute atomic E-state index is 5.86. The first-order valence-electron chi connectivity index (χ1n) is 12.0. The third kappa shape index (κ3) is 7.43. The Morgan fingerprint density at radius 2 is 1.30 bits per heavy atom. The van der Waals surface area contributed by atoms with Gasteiger partial charge in [0.1, 0.15) is 11.6 Å². The molecule has 0 atom stereocenters. The van der Waals surface area contributed by atoms with Gasteiger partial charge < -0.3 is 20.1 Å². The summed E-state index contributed by atoms with van der Waals surface area (Å²) < 4.78 is 11.6. The van der Waals surface area contributed by atoms with Crippen LogP contribution in [0.5, 0.6) is 5.75 Å². The molecule has 5 aromatic rings. The largest absolute Gasteiger partial charge is 0.494 e. The Labute approximate surface area is 223 Å². The highest BCUT2D eigenvalue weighted by atomic mass is 35.5. The highest BCUT2D eigenvalue weighted by molar-refractivity contribution is 5.92. The van der Waals surface area contributed by atoms with E-state index in [0.29, 0.717) is 25.8 Å². The van der Waals surface area contributed by atoms with Gasteiger partial charge in [-0.1, -0.05) is 60.7 Å². The summed E-state index contributed by atoms with van der Waals surface area (Å²) in [5.74, 6) is 2.09. The van der Waals surface area contributed by atoms with E-state index in [2.05, 4.69) is 27.8 Å². The smallest absolute Gasteiger partial charge is 0.229 e. The predicted molar refractivity (Wildman–Crippen MR) is 152 cm³/mol. The van der Waals surface area contributed by atoms with Crippen molar-refractivity contribution in [3.8, 4) is 5.75 Å². The van der Waals surface area contributed by atoms with Gasteiger partial charge in [0.2, 0.25) is 5.95 Å². The summed E-state index contributed by atoms with van der Waals surface area (Å²) in [4.78, 5) is 9.42. The van der Waals surface area contributed by atoms with E-state index in [1.807, 2.05) is 97.1 Å². The number of aromatic nitrogens is 2. The molecule has 37 heavy (non-hydrogen) atoms. The molecule has 0 saturated carbocycles. The summed E-state index contributed by atoms with van der Waals surface area (Å²) >= 11 is 0. The molecule has 7 heteroatoms. The lowest BCUT2D eigenvalue weighted by Crippen LogP contribution is -2.04. The van der Waals surface area contributed by atoms with Crippen LogP contribution in [-0.2, 0) is 11.3 Å². The lowest BCUT2D eigenvalue weighted by Gasteiger charge is -2.12. The van der Waals surface area contributed by atoms with Gasteiger partial charge in [0.25, 0.3) is 0 Å². The number of rotatable bonds is 11. The average Bonchev–Trinajstić information content (AvgIpc) is 2.93. The Kier molecular flexibility index (Phi) is 9.29. The maximum Gasteiger partial charge on any atom is 0.229 e. The molecule has 0 saturated heterocycles. The fraction of sp³-hybridized carbons (Fsp3) is 0.133. The lowest BCUT2D eigenvalue weighted by molar-refractivity contribution is 0.107. The van der Waals surface area contributed by atoms with Crippen molar-refractivity contribution in [1.82, 2.24) is 9.97 Å². The number of ether oxygens (including phenoxy) is 2. The van der Waals surface area contributed by atoms with Crippen molar-refractivity contribution >= 4 is 46.5 Å². The quantitative estimate of drug-likeness (QED) is 0.178. The highest BCUT2D eigenvalue weighted by Gasteiger charge is 2.08. The second-order valence-corrected chi connectivity index (χ2v) is 8.29. The van der Waals surface area contributed by atoms with Crippen molar-refractivity contribution in [2.24, 2.45) is 0 Å². The Hall–Kier alpha value is -4.13. The van der Waals surface area contributed by atoms with E-state index in [0.717, 1.165) is 40.3 Å². The topological polar surface area (TPSA) is 68.3 Å². The zero-order valence-electron chi connectivity index (χ0n) is 20.3. The molecule has 0 spiro atoms. The molecule has 0 aliphatic carbocycles. The van der Waals surface area contributed by atoms with E-state index in [9.17, 15) is 0 Å². The van der Waals surface area contributed by atoms with Gasteiger partial charge in [-0.25, -0.2) is 4.98 Å². The SMILES string of the molecule is Cl.c1ccc(COCCCOc2ccc(Nc3nc(Nc4ccccc4)c4ccccc4n3)cc2)cc1. The van der Waals surface area contributed by atoms with Gasteiger partial charge in [-0.3, -0.25) is 0 Å². The Morgan fingerprint density at radius 3 is 2.08 bits per heavy atom. The Bertz CT molecular complexity index is 1380. The van der Waals surface area contributed by atoms with Crippen LogP contribution in [0.25, 0.3) is 10.9 Å². The molecule has 0 aliphatic heterocycles. The van der Waals surface area contributed by atoms with Crippen molar-refractivity contribution in [2.75, 3.05) is 23.8 Å². The molecule has 0 aliphatic rings. The number of hydrogen-bond donors (Lipinski definition) is 2. The van der Waals surface area contributed by atoms with Crippen LogP contribution >= 0.6 is 12.4 Å². The maximum atomic E-state index is 5.86. The molecule has 188 valence electrons. The minimum absolute atomic E-state index is 0. The van der Waals surface area contributed by atoms with E-state index in [1.54, 1.807) is 0 Å². The number of anilines is 4. The zero-order valence-corrected chi connectivity index (χ0v) is 21.2. The molecule has 6 nitrogen and oxygen atoms in total. The molecular formula is C30H29ClN4O2. The molecule has 1 heterocycles. The number of para-hydroxylation sites is 2. The van der Waals surface area contributed by atoms with Gasteiger partial charge in [0.15, 0.2) is 0 Å². The molecule has 4 aromatic carbocycles. The number of nitrogens with zero attached hydrogens (tertiary/aromatic N) is 2. The summed E-state index contributed by atoms with van der Waals surface area (Å²) in [6, 6.07) is 36.0. The van der Waals surface area contributed by atoms with Crippen LogP contribution in [0.15, 0.2) is 109 Å². The molecule has 2 N–H and O–H groups in total. The summed E-state index contributed by atoms with van der Waals surface area (Å²) in [7, 11) is 0. The fourth-order valence-corrected chi connectivity index (χ4v) is 3.76. The summed E-state index contributed by atoms with van der Waals surface area (Å²) in [5.41, 5.74) is 3.90. The van der Waals surface area contributed by atoms with E-state index < -0.39 is 0 Å². The lowest BCUT2D eigenvalue weighted by atomic mass is 10.2. The van der Waals surface area contributed by atoms with Crippen LogP contribution in [-0.4, -0.2) is 23.2 Å². The Balaban J connectivity index is 0.00000320. The van der Waals surface area contributed by atoms with Crippen LogP contribution in [0.1, 0.15) is 12.0 Å². The third-order valence-corrected chi connectivity index (χ3v) is 5.56. The molecule has 1 aromatic heterocycles. The van der Waals surface area contributed by atoms with Crippen molar-refractivity contribution in [2.45, 2.75) is 13.0 Å². The molecule has 0 radical (unpaired) electrons. The second kappa shape index (κ2) is 13.3. The van der Waals surface area contributed by atoms with Crippen LogP contribution in [0.3, 0.4) is 0 Å². The monoisotopic (exact) mass is 512 g/mol. The molecule has 0 amide bonds. The van der Waals surface area contributed by atoms with Crippen molar-refractivity contribution < 1.29 is 9.47 Å². The number of hydrogen-bond acceptors (Lipinski definition) is 6. The number of halogens is 1. The normalized spacial score (nSPS) is 10.5. The Morgan fingerprint density at radius 1 is 0.622 bits per heavy atom. The zero-order chi connectivity index (χ0) is 24.4. The minimum Gasteiger partial charge on any atom is -0.494 e. The summed E-state index contributed by atoms with van der Waals surface area (Å²) in [6.45, 7) is 1.89. The molecule has 0 unspecified atom stereocenters. The van der Waals surface area contributed by atoms with Gasteiger partial charge in [0.05, 0.1) is 25.3 Å². The van der Waals surface area contributed by atoms with Gasteiger partial charge in [0, 0.05) is 23.2 Å². The van der Waals surface area contributed by atoms with Gasteiger partial charge >= 0.3 is 0 Å².